The monoisotopic (exact) mass is 274 g/mol. The topological polar surface area (TPSA) is 55.1 Å². The van der Waals surface area contributed by atoms with Gasteiger partial charge in [-0.3, -0.25) is 4.79 Å². The summed E-state index contributed by atoms with van der Waals surface area (Å²) in [6, 6.07) is 10.0. The Morgan fingerprint density at radius 3 is 2.60 bits per heavy atom. The molecule has 2 atom stereocenters. The maximum atomic E-state index is 12.1. The lowest BCUT2D eigenvalue weighted by atomic mass is 9.99. The van der Waals surface area contributed by atoms with E-state index >= 15 is 0 Å². The number of hydrogen-bond acceptors (Lipinski definition) is 2. The summed E-state index contributed by atoms with van der Waals surface area (Å²) in [4.78, 5) is 12.1. The first-order chi connectivity index (χ1) is 9.66. The van der Waals surface area contributed by atoms with E-state index < -0.39 is 6.04 Å². The Morgan fingerprint density at radius 1 is 1.30 bits per heavy atom. The number of rotatable bonds is 6. The van der Waals surface area contributed by atoms with Crippen LogP contribution >= 0.6 is 0 Å². The predicted octanol–water partition coefficient (Wildman–Crippen LogP) is 2.64. The Balaban J connectivity index is 1.74. The number of carbonyl (C=O) groups is 1. The van der Waals surface area contributed by atoms with E-state index in [9.17, 15) is 4.79 Å². The molecule has 0 heterocycles. The summed E-state index contributed by atoms with van der Waals surface area (Å²) in [6.07, 6.45) is 6.62. The van der Waals surface area contributed by atoms with Gasteiger partial charge < -0.3 is 11.1 Å². The van der Waals surface area contributed by atoms with Crippen molar-refractivity contribution in [3.8, 4) is 0 Å². The van der Waals surface area contributed by atoms with Crippen LogP contribution in [0.15, 0.2) is 30.3 Å². The average Bonchev–Trinajstić information content (AvgIpc) is 3.00. The Hall–Kier alpha value is -1.35. The highest BCUT2D eigenvalue weighted by molar-refractivity contribution is 5.81. The molecule has 1 saturated carbocycles. The van der Waals surface area contributed by atoms with Gasteiger partial charge in [0.15, 0.2) is 0 Å². The van der Waals surface area contributed by atoms with Crippen LogP contribution < -0.4 is 11.1 Å². The minimum Gasteiger partial charge on any atom is -0.352 e. The normalized spacial score (nSPS) is 18.7. The van der Waals surface area contributed by atoms with Gasteiger partial charge in [-0.05, 0) is 44.1 Å². The zero-order valence-electron chi connectivity index (χ0n) is 12.3. The molecule has 20 heavy (non-hydrogen) atoms. The lowest BCUT2D eigenvalue weighted by Crippen LogP contribution is -2.46. The summed E-state index contributed by atoms with van der Waals surface area (Å²) in [5.74, 6) is 0.639. The molecule has 3 N–H and O–H groups in total. The number of benzene rings is 1. The fourth-order valence-corrected chi connectivity index (χ4v) is 3.00. The molecule has 110 valence electrons. The van der Waals surface area contributed by atoms with E-state index in [1.165, 1.54) is 31.2 Å². The molecule has 1 aliphatic rings. The van der Waals surface area contributed by atoms with Gasteiger partial charge in [0.1, 0.15) is 0 Å². The minimum atomic E-state index is -0.404. The van der Waals surface area contributed by atoms with E-state index in [1.54, 1.807) is 0 Å². The van der Waals surface area contributed by atoms with Crippen LogP contribution in [-0.4, -0.2) is 18.0 Å². The van der Waals surface area contributed by atoms with E-state index in [1.807, 2.05) is 18.2 Å². The summed E-state index contributed by atoms with van der Waals surface area (Å²) in [6.45, 7) is 2.11. The number of carbonyl (C=O) groups excluding carboxylic acids is 1. The summed E-state index contributed by atoms with van der Waals surface area (Å²) in [5, 5.41) is 3.09. The zero-order chi connectivity index (χ0) is 14.4. The highest BCUT2D eigenvalue weighted by atomic mass is 16.2. The van der Waals surface area contributed by atoms with Crippen molar-refractivity contribution in [3.63, 3.8) is 0 Å². The van der Waals surface area contributed by atoms with Gasteiger partial charge in [0.2, 0.25) is 5.91 Å². The van der Waals surface area contributed by atoms with Gasteiger partial charge >= 0.3 is 0 Å². The Labute approximate surface area is 121 Å². The SMILES string of the molecule is CC(NC(=O)[C@@H](N)CCc1ccccc1)C1CCCC1. The lowest BCUT2D eigenvalue weighted by Gasteiger charge is -2.22. The molecule has 0 aromatic heterocycles. The van der Waals surface area contributed by atoms with Crippen molar-refractivity contribution in [2.24, 2.45) is 11.7 Å². The second-order valence-electron chi connectivity index (χ2n) is 5.97. The van der Waals surface area contributed by atoms with Crippen LogP contribution in [0.3, 0.4) is 0 Å². The fourth-order valence-electron chi connectivity index (χ4n) is 3.00. The smallest absolute Gasteiger partial charge is 0.237 e. The molecular weight excluding hydrogens is 248 g/mol. The quantitative estimate of drug-likeness (QED) is 0.838. The van der Waals surface area contributed by atoms with Crippen LogP contribution in [0.4, 0.5) is 0 Å². The first-order valence-electron chi connectivity index (χ1n) is 7.76. The van der Waals surface area contributed by atoms with Gasteiger partial charge in [0, 0.05) is 6.04 Å². The van der Waals surface area contributed by atoms with Crippen molar-refractivity contribution in [1.29, 1.82) is 0 Å². The molecule has 0 aliphatic heterocycles. The third kappa shape index (κ3) is 4.34. The van der Waals surface area contributed by atoms with Crippen LogP contribution in [0.1, 0.15) is 44.6 Å². The largest absolute Gasteiger partial charge is 0.352 e. The van der Waals surface area contributed by atoms with Gasteiger partial charge in [-0.2, -0.15) is 0 Å². The number of nitrogens with two attached hydrogens (primary N) is 1. The summed E-state index contributed by atoms with van der Waals surface area (Å²) in [5.41, 5.74) is 7.24. The molecule has 1 aliphatic carbocycles. The average molecular weight is 274 g/mol. The molecule has 1 unspecified atom stereocenters. The van der Waals surface area contributed by atoms with Crippen molar-refractivity contribution in [1.82, 2.24) is 5.32 Å². The second kappa shape index (κ2) is 7.44. The second-order valence-corrected chi connectivity index (χ2v) is 5.97. The molecule has 0 radical (unpaired) electrons. The van der Waals surface area contributed by atoms with E-state index in [4.69, 9.17) is 5.73 Å². The molecule has 3 heteroatoms. The number of amides is 1. The summed E-state index contributed by atoms with van der Waals surface area (Å²) >= 11 is 0. The Morgan fingerprint density at radius 2 is 1.95 bits per heavy atom. The maximum Gasteiger partial charge on any atom is 0.237 e. The molecule has 0 bridgehead atoms. The molecule has 2 rings (SSSR count). The third-order valence-corrected chi connectivity index (χ3v) is 4.40. The zero-order valence-corrected chi connectivity index (χ0v) is 12.3. The van der Waals surface area contributed by atoms with Crippen molar-refractivity contribution in [3.05, 3.63) is 35.9 Å². The Kier molecular flexibility index (Phi) is 5.60. The van der Waals surface area contributed by atoms with Crippen molar-refractivity contribution in [2.75, 3.05) is 0 Å². The number of nitrogens with one attached hydrogen (secondary N) is 1. The standard InChI is InChI=1S/C17H26N2O/c1-13(15-9-5-6-10-15)19-17(20)16(18)12-11-14-7-3-2-4-8-14/h2-4,7-8,13,15-16H,5-6,9-12,18H2,1H3,(H,19,20)/t13?,16-/m0/s1. The molecule has 1 amide bonds. The van der Waals surface area contributed by atoms with E-state index in [-0.39, 0.29) is 11.9 Å². The van der Waals surface area contributed by atoms with E-state index in [0.29, 0.717) is 12.3 Å². The van der Waals surface area contributed by atoms with Crippen LogP contribution in [0.2, 0.25) is 0 Å². The maximum absolute atomic E-state index is 12.1. The first kappa shape index (κ1) is 15.0. The molecule has 3 nitrogen and oxygen atoms in total. The first-order valence-corrected chi connectivity index (χ1v) is 7.76. The highest BCUT2D eigenvalue weighted by Crippen LogP contribution is 2.27. The molecule has 1 fully saturated rings. The summed E-state index contributed by atoms with van der Waals surface area (Å²) < 4.78 is 0. The molecule has 0 saturated heterocycles. The van der Waals surface area contributed by atoms with Crippen LogP contribution in [0.25, 0.3) is 0 Å². The molecule has 1 aromatic rings. The Bertz CT molecular complexity index is 412. The minimum absolute atomic E-state index is 0.000307. The van der Waals surface area contributed by atoms with Gasteiger partial charge in [0.05, 0.1) is 6.04 Å². The number of aryl methyl sites for hydroxylation is 1. The fraction of sp³-hybridized carbons (Fsp3) is 0.588. The van der Waals surface area contributed by atoms with Crippen molar-refractivity contribution < 1.29 is 4.79 Å². The van der Waals surface area contributed by atoms with E-state index in [2.05, 4.69) is 24.4 Å². The highest BCUT2D eigenvalue weighted by Gasteiger charge is 2.24. The lowest BCUT2D eigenvalue weighted by molar-refractivity contribution is -0.123. The van der Waals surface area contributed by atoms with Crippen LogP contribution in [0, 0.1) is 5.92 Å². The van der Waals surface area contributed by atoms with E-state index in [0.717, 1.165) is 6.42 Å². The third-order valence-electron chi connectivity index (χ3n) is 4.40. The van der Waals surface area contributed by atoms with Crippen LogP contribution in [0.5, 0.6) is 0 Å². The van der Waals surface area contributed by atoms with Gasteiger partial charge in [-0.1, -0.05) is 43.2 Å². The molecular formula is C17H26N2O. The summed E-state index contributed by atoms with van der Waals surface area (Å²) in [7, 11) is 0. The van der Waals surface area contributed by atoms with Gasteiger partial charge in [-0.25, -0.2) is 0 Å². The number of hydrogen-bond donors (Lipinski definition) is 2. The van der Waals surface area contributed by atoms with Crippen LogP contribution in [-0.2, 0) is 11.2 Å². The predicted molar refractivity (Wildman–Crippen MR) is 82.3 cm³/mol. The molecule has 0 spiro atoms. The van der Waals surface area contributed by atoms with Gasteiger partial charge in [0.25, 0.3) is 0 Å². The molecule has 1 aromatic carbocycles. The van der Waals surface area contributed by atoms with Gasteiger partial charge in [-0.15, -0.1) is 0 Å². The van der Waals surface area contributed by atoms with Crippen molar-refractivity contribution in [2.45, 2.75) is 57.5 Å². The van der Waals surface area contributed by atoms with Crippen molar-refractivity contribution >= 4 is 5.91 Å².